The first kappa shape index (κ1) is 16.3. The van der Waals surface area contributed by atoms with Crippen LogP contribution < -0.4 is 10.6 Å². The van der Waals surface area contributed by atoms with Gasteiger partial charge >= 0.3 is 6.03 Å². The Bertz CT molecular complexity index is 947. The predicted molar refractivity (Wildman–Crippen MR) is 94.7 cm³/mol. The van der Waals surface area contributed by atoms with Crippen LogP contribution >= 0.6 is 0 Å². The third-order valence-corrected chi connectivity index (χ3v) is 4.48. The van der Waals surface area contributed by atoms with E-state index in [0.717, 1.165) is 24.4 Å². The molecule has 1 aliphatic heterocycles. The van der Waals surface area contributed by atoms with Crippen molar-refractivity contribution in [1.29, 1.82) is 0 Å². The molecule has 134 valence electrons. The Kier molecular flexibility index (Phi) is 4.16. The highest BCUT2D eigenvalue weighted by molar-refractivity contribution is 5.88. The van der Waals surface area contributed by atoms with E-state index in [1.807, 2.05) is 17.7 Å². The molecule has 2 aromatic heterocycles. The molecule has 8 heteroatoms. The molecular weight excluding hydrogens is 335 g/mol. The molecule has 7 nitrogen and oxygen atoms in total. The Morgan fingerprint density at radius 1 is 1.35 bits per heavy atom. The van der Waals surface area contributed by atoms with Gasteiger partial charge in [0.15, 0.2) is 5.82 Å². The minimum absolute atomic E-state index is 0.0338. The van der Waals surface area contributed by atoms with E-state index >= 15 is 0 Å². The third kappa shape index (κ3) is 3.17. The number of rotatable bonds is 3. The summed E-state index contributed by atoms with van der Waals surface area (Å²) in [4.78, 5) is 16.6. The summed E-state index contributed by atoms with van der Waals surface area (Å²) in [7, 11) is 0. The van der Waals surface area contributed by atoms with Gasteiger partial charge in [0.05, 0.1) is 0 Å². The van der Waals surface area contributed by atoms with Crippen molar-refractivity contribution in [3.8, 4) is 5.69 Å². The second-order valence-corrected chi connectivity index (χ2v) is 6.36. The Morgan fingerprint density at radius 3 is 3.04 bits per heavy atom. The van der Waals surface area contributed by atoms with Crippen LogP contribution in [-0.4, -0.2) is 31.4 Å². The Morgan fingerprint density at radius 2 is 2.19 bits per heavy atom. The van der Waals surface area contributed by atoms with E-state index < -0.39 is 0 Å². The molecule has 0 saturated carbocycles. The predicted octanol–water partition coefficient (Wildman–Crippen LogP) is 2.65. The van der Waals surface area contributed by atoms with Gasteiger partial charge in [-0.2, -0.15) is 0 Å². The number of anilines is 1. The summed E-state index contributed by atoms with van der Waals surface area (Å²) < 4.78 is 17.5. The number of carbonyl (C=O) groups excluding carboxylic acids is 1. The molecule has 26 heavy (non-hydrogen) atoms. The number of aromatic nitrogens is 4. The van der Waals surface area contributed by atoms with Crippen molar-refractivity contribution >= 4 is 11.8 Å². The summed E-state index contributed by atoms with van der Waals surface area (Å²) in [6.45, 7) is 2.51. The van der Waals surface area contributed by atoms with E-state index in [2.05, 4.69) is 20.7 Å². The fourth-order valence-corrected chi connectivity index (χ4v) is 3.23. The number of amides is 2. The number of para-hydroxylation sites is 1. The van der Waals surface area contributed by atoms with E-state index in [9.17, 15) is 9.18 Å². The molecule has 3 heterocycles. The van der Waals surface area contributed by atoms with Gasteiger partial charge in [-0.1, -0.05) is 12.1 Å². The van der Waals surface area contributed by atoms with E-state index in [-0.39, 0.29) is 17.9 Å². The Labute approximate surface area is 149 Å². The number of aryl methyl sites for hydroxylation is 2. The fraction of sp³-hybridized carbons (Fsp3) is 0.278. The highest BCUT2D eigenvalue weighted by Gasteiger charge is 2.21. The molecule has 0 bridgehead atoms. The number of nitrogens with zero attached hydrogens (tertiary/aromatic N) is 4. The van der Waals surface area contributed by atoms with E-state index in [0.29, 0.717) is 18.1 Å². The molecular formula is C18H19FN6O. The second-order valence-electron chi connectivity index (χ2n) is 6.36. The lowest BCUT2D eigenvalue weighted by atomic mass is 10.1. The molecule has 0 aliphatic carbocycles. The maximum atomic E-state index is 14.0. The third-order valence-electron chi connectivity index (χ3n) is 4.48. The van der Waals surface area contributed by atoms with Crippen molar-refractivity contribution in [3.63, 3.8) is 0 Å². The number of halogens is 1. The number of fused-ring (bicyclic) bond motifs is 1. The van der Waals surface area contributed by atoms with Crippen molar-refractivity contribution in [2.45, 2.75) is 32.4 Å². The number of imidazole rings is 1. The van der Waals surface area contributed by atoms with Crippen molar-refractivity contribution < 1.29 is 9.18 Å². The van der Waals surface area contributed by atoms with Gasteiger partial charge in [0.1, 0.15) is 17.3 Å². The SMILES string of the molecule is Cc1cc(NC(=O)NC2CCc3nccn3C2)nn1-c1ccccc1F. The summed E-state index contributed by atoms with van der Waals surface area (Å²) in [6.07, 6.45) is 5.36. The van der Waals surface area contributed by atoms with Crippen LogP contribution in [0.15, 0.2) is 42.7 Å². The summed E-state index contributed by atoms with van der Waals surface area (Å²) in [5.74, 6) is 1.05. The average molecular weight is 354 g/mol. The van der Waals surface area contributed by atoms with Crippen LogP contribution in [-0.2, 0) is 13.0 Å². The number of carbonyl (C=O) groups is 1. The van der Waals surface area contributed by atoms with Crippen molar-refractivity contribution in [3.05, 3.63) is 60.1 Å². The lowest BCUT2D eigenvalue weighted by Crippen LogP contribution is -2.43. The minimum atomic E-state index is -0.368. The quantitative estimate of drug-likeness (QED) is 0.759. The molecule has 0 fully saturated rings. The Hall–Kier alpha value is -3.16. The molecule has 1 aromatic carbocycles. The first-order chi connectivity index (χ1) is 12.6. The fourth-order valence-electron chi connectivity index (χ4n) is 3.23. The zero-order valence-electron chi connectivity index (χ0n) is 14.3. The standard InChI is InChI=1S/C18H19FN6O/c1-12-10-16(23-25(12)15-5-3-2-4-14(15)19)22-18(26)21-13-6-7-17-20-8-9-24(17)11-13/h2-5,8-10,13H,6-7,11H2,1H3,(H2,21,22,23,26). The number of urea groups is 1. The average Bonchev–Trinajstić information content (AvgIpc) is 3.21. The lowest BCUT2D eigenvalue weighted by Gasteiger charge is -2.24. The van der Waals surface area contributed by atoms with Gasteiger partial charge in [-0.05, 0) is 25.5 Å². The molecule has 1 aliphatic rings. The molecule has 0 saturated heterocycles. The Balaban J connectivity index is 1.43. The van der Waals surface area contributed by atoms with Crippen molar-refractivity contribution in [1.82, 2.24) is 24.6 Å². The maximum Gasteiger partial charge on any atom is 0.320 e. The van der Waals surface area contributed by atoms with Crippen LogP contribution in [0.2, 0.25) is 0 Å². The van der Waals surface area contributed by atoms with Crippen LogP contribution in [0.25, 0.3) is 5.69 Å². The van der Waals surface area contributed by atoms with Gasteiger partial charge < -0.3 is 9.88 Å². The van der Waals surface area contributed by atoms with E-state index in [4.69, 9.17) is 0 Å². The number of hydrogen-bond donors (Lipinski definition) is 2. The minimum Gasteiger partial charge on any atom is -0.333 e. The van der Waals surface area contributed by atoms with E-state index in [1.54, 1.807) is 30.5 Å². The zero-order chi connectivity index (χ0) is 18.1. The van der Waals surface area contributed by atoms with Crippen molar-refractivity contribution in [2.75, 3.05) is 5.32 Å². The smallest absolute Gasteiger partial charge is 0.320 e. The highest BCUT2D eigenvalue weighted by atomic mass is 19.1. The molecule has 1 atom stereocenters. The molecule has 2 amide bonds. The normalized spacial score (nSPS) is 16.2. The molecule has 1 unspecified atom stereocenters. The number of benzene rings is 1. The van der Waals surface area contributed by atoms with Crippen LogP contribution in [0.3, 0.4) is 0 Å². The molecule has 4 rings (SSSR count). The van der Waals surface area contributed by atoms with Gasteiger partial charge in [0.2, 0.25) is 0 Å². The number of hydrogen-bond acceptors (Lipinski definition) is 3. The lowest BCUT2D eigenvalue weighted by molar-refractivity contribution is 0.244. The van der Waals surface area contributed by atoms with Crippen LogP contribution in [0.1, 0.15) is 17.9 Å². The van der Waals surface area contributed by atoms with Gasteiger partial charge in [0.25, 0.3) is 0 Å². The topological polar surface area (TPSA) is 76.8 Å². The van der Waals surface area contributed by atoms with Gasteiger partial charge in [-0.25, -0.2) is 18.9 Å². The zero-order valence-corrected chi connectivity index (χ0v) is 14.3. The van der Waals surface area contributed by atoms with Gasteiger partial charge in [-0.3, -0.25) is 5.32 Å². The van der Waals surface area contributed by atoms with Crippen LogP contribution in [0.4, 0.5) is 15.0 Å². The highest BCUT2D eigenvalue weighted by Crippen LogP contribution is 2.18. The molecule has 0 radical (unpaired) electrons. The second kappa shape index (κ2) is 6.62. The first-order valence-corrected chi connectivity index (χ1v) is 8.49. The van der Waals surface area contributed by atoms with Crippen LogP contribution in [0.5, 0.6) is 0 Å². The molecule has 3 aromatic rings. The summed E-state index contributed by atoms with van der Waals surface area (Å²) >= 11 is 0. The molecule has 0 spiro atoms. The number of nitrogens with one attached hydrogen (secondary N) is 2. The van der Waals surface area contributed by atoms with E-state index in [1.165, 1.54) is 10.7 Å². The van der Waals surface area contributed by atoms with Gasteiger partial charge in [-0.15, -0.1) is 5.10 Å². The summed E-state index contributed by atoms with van der Waals surface area (Å²) in [5.41, 5.74) is 1.07. The largest absolute Gasteiger partial charge is 0.333 e. The monoisotopic (exact) mass is 354 g/mol. The molecule has 2 N–H and O–H groups in total. The summed E-state index contributed by atoms with van der Waals surface area (Å²) in [5, 5.41) is 9.98. The van der Waals surface area contributed by atoms with Gasteiger partial charge in [0, 0.05) is 43.2 Å². The maximum absolute atomic E-state index is 14.0. The first-order valence-electron chi connectivity index (χ1n) is 8.49. The summed E-state index contributed by atoms with van der Waals surface area (Å²) in [6, 6.07) is 7.81. The van der Waals surface area contributed by atoms with Crippen molar-refractivity contribution in [2.24, 2.45) is 0 Å². The van der Waals surface area contributed by atoms with Crippen LogP contribution in [0, 0.1) is 12.7 Å².